The summed E-state index contributed by atoms with van der Waals surface area (Å²) in [6.07, 6.45) is 0.879. The Kier molecular flexibility index (Phi) is 8.32. The summed E-state index contributed by atoms with van der Waals surface area (Å²) in [5.41, 5.74) is 0.901. The summed E-state index contributed by atoms with van der Waals surface area (Å²) >= 11 is 12.4. The molecule has 1 aromatic carbocycles. The third-order valence-electron chi connectivity index (χ3n) is 4.56. The van der Waals surface area contributed by atoms with Crippen molar-refractivity contribution in [2.24, 2.45) is 0 Å². The molecule has 0 radical (unpaired) electrons. The fraction of sp³-hybridized carbons (Fsp3) is 0.368. The van der Waals surface area contributed by atoms with E-state index in [9.17, 15) is 4.79 Å². The summed E-state index contributed by atoms with van der Waals surface area (Å²) < 4.78 is 8.08. The second-order valence-electron chi connectivity index (χ2n) is 6.48. The number of morpholine rings is 1. The van der Waals surface area contributed by atoms with Crippen LogP contribution in [-0.4, -0.2) is 55.2 Å². The molecular weight excluding hydrogens is 517 g/mol. The highest BCUT2D eigenvalue weighted by molar-refractivity contribution is 9.10. The highest BCUT2D eigenvalue weighted by Crippen LogP contribution is 2.33. The number of hydrogen-bond donors (Lipinski definition) is 0. The molecule has 4 rings (SSSR count). The number of ether oxygens (including phenoxy) is 1. The van der Waals surface area contributed by atoms with Crippen LogP contribution in [0.2, 0.25) is 4.34 Å². The third-order valence-corrected chi connectivity index (χ3v) is 7.31. The van der Waals surface area contributed by atoms with Crippen LogP contribution in [0, 0.1) is 0 Å². The Morgan fingerprint density at radius 3 is 2.76 bits per heavy atom. The van der Waals surface area contributed by atoms with Crippen LogP contribution in [0.25, 0.3) is 10.2 Å². The van der Waals surface area contributed by atoms with Gasteiger partial charge < -0.3 is 4.74 Å². The topological polar surface area (TPSA) is 45.7 Å². The number of thiazole rings is 1. The van der Waals surface area contributed by atoms with Gasteiger partial charge in [-0.05, 0) is 36.8 Å². The lowest BCUT2D eigenvalue weighted by Gasteiger charge is -2.27. The molecule has 1 saturated heterocycles. The Bertz CT molecular complexity index is 975. The van der Waals surface area contributed by atoms with Gasteiger partial charge in [0.25, 0.3) is 5.91 Å². The van der Waals surface area contributed by atoms with E-state index in [0.717, 1.165) is 59.1 Å². The predicted octanol–water partition coefficient (Wildman–Crippen LogP) is 5.56. The van der Waals surface area contributed by atoms with Crippen LogP contribution in [0.5, 0.6) is 0 Å². The molecule has 0 N–H and O–H groups in total. The Morgan fingerprint density at radius 2 is 2.03 bits per heavy atom. The summed E-state index contributed by atoms with van der Waals surface area (Å²) in [5, 5.41) is 0.726. The molecule has 10 heteroatoms. The van der Waals surface area contributed by atoms with E-state index in [1.54, 1.807) is 17.0 Å². The van der Waals surface area contributed by atoms with Crippen molar-refractivity contribution in [2.45, 2.75) is 6.42 Å². The lowest BCUT2D eigenvalue weighted by molar-refractivity contribution is 0.0376. The monoisotopic (exact) mass is 535 g/mol. The molecule has 0 saturated carbocycles. The Morgan fingerprint density at radius 1 is 1.24 bits per heavy atom. The van der Waals surface area contributed by atoms with Crippen LogP contribution >= 0.6 is 62.6 Å². The van der Waals surface area contributed by atoms with E-state index in [2.05, 4.69) is 20.8 Å². The van der Waals surface area contributed by atoms with Gasteiger partial charge in [0, 0.05) is 30.7 Å². The van der Waals surface area contributed by atoms with E-state index in [0.29, 0.717) is 15.8 Å². The third kappa shape index (κ3) is 5.70. The van der Waals surface area contributed by atoms with Crippen molar-refractivity contribution in [3.05, 3.63) is 44.0 Å². The van der Waals surface area contributed by atoms with Crippen molar-refractivity contribution in [3.8, 4) is 0 Å². The largest absolute Gasteiger partial charge is 0.379 e. The minimum atomic E-state index is -0.0444. The first-order valence-electron chi connectivity index (χ1n) is 9.03. The molecule has 1 fully saturated rings. The minimum Gasteiger partial charge on any atom is -0.379 e. The fourth-order valence-corrected chi connectivity index (χ4v) is 5.66. The summed E-state index contributed by atoms with van der Waals surface area (Å²) in [7, 11) is 0. The van der Waals surface area contributed by atoms with E-state index < -0.39 is 0 Å². The van der Waals surface area contributed by atoms with Gasteiger partial charge in [0.15, 0.2) is 5.13 Å². The molecule has 3 aromatic rings. The Labute approximate surface area is 197 Å². The zero-order valence-electron chi connectivity index (χ0n) is 15.5. The molecule has 0 bridgehead atoms. The van der Waals surface area contributed by atoms with Crippen LogP contribution in [0.15, 0.2) is 34.8 Å². The number of fused-ring (bicyclic) bond motifs is 1. The van der Waals surface area contributed by atoms with E-state index in [-0.39, 0.29) is 18.3 Å². The number of amides is 1. The standard InChI is InChI=1S/C19H19BrClN3O2S2.ClH/c20-13-2-3-14-16(12-13)28-19(22-14)24(18(25)15-4-5-17(21)27-15)7-1-6-23-8-10-26-11-9-23;/h2-5,12H,1,6-11H2;1H. The maximum atomic E-state index is 13.2. The molecule has 3 heterocycles. The molecule has 2 aromatic heterocycles. The van der Waals surface area contributed by atoms with Crippen LogP contribution < -0.4 is 4.90 Å². The first-order chi connectivity index (χ1) is 13.6. The lowest BCUT2D eigenvalue weighted by atomic mass is 10.3. The van der Waals surface area contributed by atoms with Crippen molar-refractivity contribution in [3.63, 3.8) is 0 Å². The number of rotatable bonds is 6. The highest BCUT2D eigenvalue weighted by atomic mass is 79.9. The number of hydrogen-bond acceptors (Lipinski definition) is 6. The van der Waals surface area contributed by atoms with Gasteiger partial charge in [0.2, 0.25) is 0 Å². The highest BCUT2D eigenvalue weighted by Gasteiger charge is 2.23. The smallest absolute Gasteiger partial charge is 0.270 e. The first-order valence-corrected chi connectivity index (χ1v) is 11.8. The molecule has 1 aliphatic rings. The van der Waals surface area contributed by atoms with E-state index >= 15 is 0 Å². The van der Waals surface area contributed by atoms with E-state index in [4.69, 9.17) is 21.3 Å². The number of anilines is 1. The van der Waals surface area contributed by atoms with Crippen LogP contribution in [0.3, 0.4) is 0 Å². The quantitative estimate of drug-likeness (QED) is 0.413. The van der Waals surface area contributed by atoms with Gasteiger partial charge in [-0.15, -0.1) is 23.7 Å². The summed E-state index contributed by atoms with van der Waals surface area (Å²) in [4.78, 5) is 22.7. The van der Waals surface area contributed by atoms with Gasteiger partial charge in [-0.2, -0.15) is 0 Å². The molecule has 0 atom stereocenters. The molecule has 0 aliphatic carbocycles. The zero-order valence-corrected chi connectivity index (χ0v) is 20.3. The minimum absolute atomic E-state index is 0. The second-order valence-corrected chi connectivity index (χ2v) is 10.1. The molecule has 0 spiro atoms. The van der Waals surface area contributed by atoms with Crippen molar-refractivity contribution in [1.82, 2.24) is 9.88 Å². The molecule has 0 unspecified atom stereocenters. The van der Waals surface area contributed by atoms with Crippen molar-refractivity contribution in [2.75, 3.05) is 44.3 Å². The lowest BCUT2D eigenvalue weighted by Crippen LogP contribution is -2.39. The Hall–Kier alpha value is -0.740. The number of benzene rings is 1. The predicted molar refractivity (Wildman–Crippen MR) is 127 cm³/mol. The number of aromatic nitrogens is 1. The maximum Gasteiger partial charge on any atom is 0.270 e. The van der Waals surface area contributed by atoms with Gasteiger partial charge in [-0.25, -0.2) is 4.98 Å². The molecule has 1 aliphatic heterocycles. The molecule has 29 heavy (non-hydrogen) atoms. The molecular formula is C19H20BrCl2N3O2S2. The number of nitrogens with zero attached hydrogens (tertiary/aromatic N) is 3. The molecule has 5 nitrogen and oxygen atoms in total. The van der Waals surface area contributed by atoms with Crippen molar-refractivity contribution in [1.29, 1.82) is 0 Å². The Balaban J connectivity index is 0.00000240. The number of halogens is 3. The normalized spacial score (nSPS) is 14.7. The van der Waals surface area contributed by atoms with E-state index in [1.165, 1.54) is 22.7 Å². The van der Waals surface area contributed by atoms with Crippen LogP contribution in [0.4, 0.5) is 5.13 Å². The number of carbonyl (C=O) groups is 1. The first kappa shape index (κ1) is 22.9. The fourth-order valence-electron chi connectivity index (χ4n) is 3.13. The van der Waals surface area contributed by atoms with Crippen molar-refractivity contribution >= 4 is 83.9 Å². The van der Waals surface area contributed by atoms with Gasteiger partial charge in [-0.3, -0.25) is 14.6 Å². The SMILES string of the molecule is Cl.O=C(c1ccc(Cl)s1)N(CCCN1CCOCC1)c1nc2ccc(Br)cc2s1. The number of carbonyl (C=O) groups excluding carboxylic acids is 1. The second kappa shape index (κ2) is 10.5. The molecule has 1 amide bonds. The average molecular weight is 537 g/mol. The summed E-state index contributed by atoms with van der Waals surface area (Å²) in [6, 6.07) is 9.53. The number of thiophene rings is 1. The van der Waals surface area contributed by atoms with Crippen LogP contribution in [-0.2, 0) is 4.74 Å². The average Bonchev–Trinajstić information content (AvgIpc) is 3.31. The van der Waals surface area contributed by atoms with Gasteiger partial charge in [0.1, 0.15) is 0 Å². The summed E-state index contributed by atoms with van der Waals surface area (Å²) in [6.45, 7) is 5.01. The van der Waals surface area contributed by atoms with Crippen molar-refractivity contribution < 1.29 is 9.53 Å². The summed E-state index contributed by atoms with van der Waals surface area (Å²) in [5.74, 6) is -0.0444. The maximum absolute atomic E-state index is 13.2. The zero-order chi connectivity index (χ0) is 19.5. The van der Waals surface area contributed by atoms with E-state index in [1.807, 2.05) is 18.2 Å². The van der Waals surface area contributed by atoms with Crippen LogP contribution in [0.1, 0.15) is 16.1 Å². The van der Waals surface area contributed by atoms with Gasteiger partial charge in [0.05, 0.1) is 32.6 Å². The van der Waals surface area contributed by atoms with Gasteiger partial charge >= 0.3 is 0 Å². The molecule has 156 valence electrons. The van der Waals surface area contributed by atoms with Gasteiger partial charge in [-0.1, -0.05) is 38.9 Å².